The Morgan fingerprint density at radius 2 is 2.50 bits per heavy atom. The lowest BCUT2D eigenvalue weighted by atomic mass is 10.3. The zero-order valence-electron chi connectivity index (χ0n) is 8.57. The van der Waals surface area contributed by atoms with Gasteiger partial charge in [-0.15, -0.1) is 0 Å². The molecule has 0 aromatic rings. The Labute approximate surface area is 87.9 Å². The maximum absolute atomic E-state index is 11.8. The second kappa shape index (κ2) is 6.15. The van der Waals surface area contributed by atoms with Crippen LogP contribution in [0.5, 0.6) is 0 Å². The van der Waals surface area contributed by atoms with Gasteiger partial charge in [-0.3, -0.25) is 4.21 Å². The Morgan fingerprint density at radius 3 is 3.00 bits per heavy atom. The lowest BCUT2D eigenvalue weighted by Crippen LogP contribution is -2.24. The molecule has 0 aromatic carbocycles. The molecule has 0 spiro atoms. The lowest BCUT2D eigenvalue weighted by Gasteiger charge is -2.14. The standard InChI is InChI=1S/C10H17NO2S/c1-2-10(5-6-11)14(12)8-9-4-3-7-13-9/h9-10H,2-5,7-8H2,1H3. The van der Waals surface area contributed by atoms with Crippen LogP contribution < -0.4 is 0 Å². The van der Waals surface area contributed by atoms with Gasteiger partial charge in [-0.2, -0.15) is 5.26 Å². The van der Waals surface area contributed by atoms with E-state index in [1.807, 2.05) is 6.92 Å². The number of hydrogen-bond acceptors (Lipinski definition) is 3. The van der Waals surface area contributed by atoms with Crippen LogP contribution in [0.25, 0.3) is 0 Å². The van der Waals surface area contributed by atoms with Crippen molar-refractivity contribution in [3.63, 3.8) is 0 Å². The molecule has 0 aliphatic carbocycles. The molecule has 0 N–H and O–H groups in total. The third kappa shape index (κ3) is 3.39. The van der Waals surface area contributed by atoms with E-state index in [0.29, 0.717) is 12.2 Å². The van der Waals surface area contributed by atoms with Gasteiger partial charge in [0.25, 0.3) is 0 Å². The van der Waals surface area contributed by atoms with Crippen molar-refractivity contribution in [2.75, 3.05) is 12.4 Å². The van der Waals surface area contributed by atoms with E-state index in [1.54, 1.807) is 0 Å². The van der Waals surface area contributed by atoms with Crippen LogP contribution in [0.15, 0.2) is 0 Å². The highest BCUT2D eigenvalue weighted by Gasteiger charge is 2.22. The van der Waals surface area contributed by atoms with Crippen LogP contribution >= 0.6 is 0 Å². The van der Waals surface area contributed by atoms with E-state index in [2.05, 4.69) is 6.07 Å². The fraction of sp³-hybridized carbons (Fsp3) is 0.900. The van der Waals surface area contributed by atoms with Gasteiger partial charge in [0.2, 0.25) is 0 Å². The summed E-state index contributed by atoms with van der Waals surface area (Å²) in [7, 11) is -0.895. The highest BCUT2D eigenvalue weighted by Crippen LogP contribution is 2.16. The lowest BCUT2D eigenvalue weighted by molar-refractivity contribution is 0.128. The first-order valence-electron chi connectivity index (χ1n) is 5.13. The van der Waals surface area contributed by atoms with Gasteiger partial charge in [0.15, 0.2) is 0 Å². The summed E-state index contributed by atoms with van der Waals surface area (Å²) in [4.78, 5) is 0. The maximum Gasteiger partial charge on any atom is 0.0691 e. The number of hydrogen-bond donors (Lipinski definition) is 0. The van der Waals surface area contributed by atoms with Gasteiger partial charge in [-0.25, -0.2) is 0 Å². The summed E-state index contributed by atoms with van der Waals surface area (Å²) in [5.41, 5.74) is 0. The van der Waals surface area contributed by atoms with Crippen molar-refractivity contribution in [3.8, 4) is 6.07 Å². The normalized spacial score (nSPS) is 25.6. The van der Waals surface area contributed by atoms with E-state index >= 15 is 0 Å². The molecular formula is C10H17NO2S. The van der Waals surface area contributed by atoms with Gasteiger partial charge < -0.3 is 4.74 Å². The predicted molar refractivity (Wildman–Crippen MR) is 56.3 cm³/mol. The molecule has 0 radical (unpaired) electrons. The van der Waals surface area contributed by atoms with Crippen molar-refractivity contribution in [3.05, 3.63) is 0 Å². The number of nitrogens with zero attached hydrogens (tertiary/aromatic N) is 1. The third-order valence-electron chi connectivity index (χ3n) is 2.52. The number of rotatable bonds is 5. The van der Waals surface area contributed by atoms with Gasteiger partial charge in [-0.05, 0) is 19.3 Å². The predicted octanol–water partition coefficient (Wildman–Crippen LogP) is 1.61. The molecule has 0 saturated carbocycles. The minimum absolute atomic E-state index is 0.0317. The van der Waals surface area contributed by atoms with Crippen LogP contribution in [0.2, 0.25) is 0 Å². The van der Waals surface area contributed by atoms with Gasteiger partial charge in [0.1, 0.15) is 0 Å². The Morgan fingerprint density at radius 1 is 1.71 bits per heavy atom. The fourth-order valence-corrected chi connectivity index (χ4v) is 3.15. The molecule has 3 unspecified atom stereocenters. The topological polar surface area (TPSA) is 50.1 Å². The molecule has 80 valence electrons. The Bertz CT molecular complexity index is 231. The summed E-state index contributed by atoms with van der Waals surface area (Å²) in [6, 6.07) is 2.09. The quantitative estimate of drug-likeness (QED) is 0.700. The van der Waals surface area contributed by atoms with Crippen molar-refractivity contribution in [1.82, 2.24) is 0 Å². The molecule has 3 nitrogen and oxygen atoms in total. The summed E-state index contributed by atoms with van der Waals surface area (Å²) in [6.45, 7) is 2.78. The van der Waals surface area contributed by atoms with Crippen LogP contribution in [0, 0.1) is 11.3 Å². The van der Waals surface area contributed by atoms with Gasteiger partial charge >= 0.3 is 0 Å². The average molecular weight is 215 g/mol. The molecule has 1 aliphatic rings. The van der Waals surface area contributed by atoms with Crippen LogP contribution in [-0.4, -0.2) is 27.9 Å². The van der Waals surface area contributed by atoms with Crippen molar-refractivity contribution >= 4 is 10.8 Å². The van der Waals surface area contributed by atoms with Crippen LogP contribution in [0.4, 0.5) is 0 Å². The SMILES string of the molecule is CCC(CC#N)S(=O)CC1CCCO1. The molecule has 0 aromatic heterocycles. The minimum Gasteiger partial charge on any atom is -0.377 e. The van der Waals surface area contributed by atoms with Crippen molar-refractivity contribution in [1.29, 1.82) is 5.26 Å². The summed E-state index contributed by atoms with van der Waals surface area (Å²) in [6.07, 6.45) is 3.48. The van der Waals surface area contributed by atoms with Gasteiger partial charge in [-0.1, -0.05) is 6.92 Å². The summed E-state index contributed by atoms with van der Waals surface area (Å²) >= 11 is 0. The molecule has 1 rings (SSSR count). The van der Waals surface area contributed by atoms with E-state index in [1.165, 1.54) is 0 Å². The van der Waals surface area contributed by atoms with E-state index in [4.69, 9.17) is 10.00 Å². The van der Waals surface area contributed by atoms with Crippen LogP contribution in [0.1, 0.15) is 32.6 Å². The molecule has 4 heteroatoms. The van der Waals surface area contributed by atoms with Gasteiger partial charge in [0, 0.05) is 29.1 Å². The number of ether oxygens (including phenoxy) is 1. The smallest absolute Gasteiger partial charge is 0.0691 e. The van der Waals surface area contributed by atoms with Crippen molar-refractivity contribution in [2.45, 2.75) is 44.0 Å². The second-order valence-corrected chi connectivity index (χ2v) is 5.34. The summed E-state index contributed by atoms with van der Waals surface area (Å²) in [5.74, 6) is 0.611. The molecular weight excluding hydrogens is 198 g/mol. The first kappa shape index (κ1) is 11.7. The minimum atomic E-state index is -0.895. The highest BCUT2D eigenvalue weighted by atomic mass is 32.2. The largest absolute Gasteiger partial charge is 0.377 e. The first-order chi connectivity index (χ1) is 6.77. The van der Waals surface area contributed by atoms with Gasteiger partial charge in [0.05, 0.1) is 17.9 Å². The van der Waals surface area contributed by atoms with E-state index in [0.717, 1.165) is 25.9 Å². The third-order valence-corrected chi connectivity index (χ3v) is 4.46. The zero-order chi connectivity index (χ0) is 10.4. The molecule has 1 fully saturated rings. The van der Waals surface area contributed by atoms with Crippen LogP contribution in [-0.2, 0) is 15.5 Å². The Kier molecular flexibility index (Phi) is 5.13. The Hall–Kier alpha value is -0.400. The summed E-state index contributed by atoms with van der Waals surface area (Å²) < 4.78 is 17.2. The van der Waals surface area contributed by atoms with E-state index < -0.39 is 10.8 Å². The average Bonchev–Trinajstić information content (AvgIpc) is 2.66. The first-order valence-corrected chi connectivity index (χ1v) is 6.51. The van der Waals surface area contributed by atoms with Crippen molar-refractivity contribution < 1.29 is 8.95 Å². The van der Waals surface area contributed by atoms with E-state index in [9.17, 15) is 4.21 Å². The monoisotopic (exact) mass is 215 g/mol. The van der Waals surface area contributed by atoms with E-state index in [-0.39, 0.29) is 11.4 Å². The molecule has 1 heterocycles. The molecule has 1 aliphatic heterocycles. The molecule has 0 amide bonds. The highest BCUT2D eigenvalue weighted by molar-refractivity contribution is 7.85. The van der Waals surface area contributed by atoms with Crippen LogP contribution in [0.3, 0.4) is 0 Å². The molecule has 3 atom stereocenters. The number of nitriles is 1. The fourth-order valence-electron chi connectivity index (χ4n) is 1.62. The second-order valence-electron chi connectivity index (χ2n) is 3.57. The molecule has 0 bridgehead atoms. The maximum atomic E-state index is 11.8. The zero-order valence-corrected chi connectivity index (χ0v) is 9.39. The molecule has 14 heavy (non-hydrogen) atoms. The van der Waals surface area contributed by atoms with Crippen molar-refractivity contribution in [2.24, 2.45) is 0 Å². The Balaban J connectivity index is 2.35. The summed E-state index contributed by atoms with van der Waals surface area (Å²) in [5, 5.41) is 8.59. The molecule has 1 saturated heterocycles.